The molecular weight excluding hydrogens is 198 g/mol. The second-order valence-corrected chi connectivity index (χ2v) is 3.91. The van der Waals surface area contributed by atoms with Crippen LogP contribution in [0.1, 0.15) is 6.92 Å². The Bertz CT molecular complexity index is 159. The summed E-state index contributed by atoms with van der Waals surface area (Å²) in [7, 11) is 1.43. The lowest BCUT2D eigenvalue weighted by Crippen LogP contribution is -2.55. The molecule has 1 unspecified atom stereocenters. The highest BCUT2D eigenvalue weighted by Crippen LogP contribution is 2.18. The second-order valence-electron chi connectivity index (χ2n) is 2.80. The molecule has 0 bridgehead atoms. The van der Waals surface area contributed by atoms with Crippen LogP contribution in [0, 0.1) is 0 Å². The summed E-state index contributed by atoms with van der Waals surface area (Å²) in [5, 5.41) is 3.15. The second kappa shape index (κ2) is 4.94. The van der Waals surface area contributed by atoms with E-state index in [1.807, 2.05) is 6.92 Å². The molecular formula is C7H14ClNO2S. The molecule has 0 aromatic heterocycles. The topological polar surface area (TPSA) is 38.3 Å². The van der Waals surface area contributed by atoms with E-state index in [0.717, 1.165) is 18.1 Å². The molecule has 1 rings (SSSR count). The molecule has 0 aromatic carbocycles. The maximum absolute atomic E-state index is 11.2. The van der Waals surface area contributed by atoms with Crippen molar-refractivity contribution in [2.45, 2.75) is 12.5 Å². The molecule has 1 fully saturated rings. The number of methoxy groups -OCH3 is 1. The first-order chi connectivity index (χ1) is 5.19. The zero-order chi connectivity index (χ0) is 8.32. The fourth-order valence-corrected chi connectivity index (χ4v) is 2.10. The molecule has 0 saturated carbocycles. The van der Waals surface area contributed by atoms with Crippen molar-refractivity contribution < 1.29 is 9.53 Å². The highest BCUT2D eigenvalue weighted by atomic mass is 35.5. The number of thioether (sulfide) groups is 1. The normalized spacial score (nSPS) is 28.8. The van der Waals surface area contributed by atoms with Crippen molar-refractivity contribution in [3.8, 4) is 0 Å². The number of hydrogen-bond acceptors (Lipinski definition) is 4. The molecule has 1 aliphatic heterocycles. The van der Waals surface area contributed by atoms with Crippen molar-refractivity contribution in [2.75, 3.05) is 25.2 Å². The molecule has 12 heavy (non-hydrogen) atoms. The van der Waals surface area contributed by atoms with Gasteiger partial charge in [-0.2, -0.15) is 11.8 Å². The first-order valence-electron chi connectivity index (χ1n) is 3.60. The standard InChI is InChI=1S/C7H13NO2S.ClH/c1-7(6(9)10-2)5-11-4-3-8-7;/h8H,3-5H2,1-2H3;1H. The van der Waals surface area contributed by atoms with E-state index < -0.39 is 5.54 Å². The van der Waals surface area contributed by atoms with Gasteiger partial charge in [-0.25, -0.2) is 0 Å². The highest BCUT2D eigenvalue weighted by molar-refractivity contribution is 7.99. The third-order valence-electron chi connectivity index (χ3n) is 1.79. The van der Waals surface area contributed by atoms with Gasteiger partial charge in [0.1, 0.15) is 5.54 Å². The highest BCUT2D eigenvalue weighted by Gasteiger charge is 2.35. The van der Waals surface area contributed by atoms with E-state index >= 15 is 0 Å². The fourth-order valence-electron chi connectivity index (χ4n) is 1.08. The zero-order valence-corrected chi connectivity index (χ0v) is 8.89. The van der Waals surface area contributed by atoms with Crippen molar-refractivity contribution >= 4 is 30.1 Å². The predicted molar refractivity (Wildman–Crippen MR) is 53.0 cm³/mol. The molecule has 3 nitrogen and oxygen atoms in total. The Kier molecular flexibility index (Phi) is 4.97. The van der Waals surface area contributed by atoms with Crippen LogP contribution in [0.3, 0.4) is 0 Å². The van der Waals surface area contributed by atoms with E-state index in [0.29, 0.717) is 0 Å². The van der Waals surface area contributed by atoms with E-state index in [1.165, 1.54) is 7.11 Å². The lowest BCUT2D eigenvalue weighted by molar-refractivity contribution is -0.146. The third-order valence-corrected chi connectivity index (χ3v) is 3.06. The summed E-state index contributed by atoms with van der Waals surface area (Å²) >= 11 is 1.78. The summed E-state index contributed by atoms with van der Waals surface area (Å²) in [5.41, 5.74) is -0.461. The van der Waals surface area contributed by atoms with E-state index in [2.05, 4.69) is 10.1 Å². The van der Waals surface area contributed by atoms with E-state index in [1.54, 1.807) is 11.8 Å². The minimum Gasteiger partial charge on any atom is -0.468 e. The monoisotopic (exact) mass is 211 g/mol. The van der Waals surface area contributed by atoms with Gasteiger partial charge in [-0.15, -0.1) is 12.4 Å². The first-order valence-corrected chi connectivity index (χ1v) is 4.76. The van der Waals surface area contributed by atoms with Gasteiger partial charge in [-0.1, -0.05) is 0 Å². The number of carbonyl (C=O) groups excluding carboxylic acids is 1. The Labute approximate surface area is 83.0 Å². The SMILES string of the molecule is COC(=O)C1(C)CSCCN1.Cl. The maximum Gasteiger partial charge on any atom is 0.326 e. The molecule has 1 atom stereocenters. The maximum atomic E-state index is 11.2. The number of esters is 1. The van der Waals surface area contributed by atoms with Gasteiger partial charge in [-0.3, -0.25) is 4.79 Å². The zero-order valence-electron chi connectivity index (χ0n) is 7.25. The van der Waals surface area contributed by atoms with Gasteiger partial charge in [0.15, 0.2) is 0 Å². The summed E-state index contributed by atoms with van der Waals surface area (Å²) < 4.78 is 4.68. The largest absolute Gasteiger partial charge is 0.468 e. The molecule has 5 heteroatoms. The average Bonchev–Trinajstić information content (AvgIpc) is 2.04. The number of hydrogen-bond donors (Lipinski definition) is 1. The molecule has 1 aliphatic rings. The van der Waals surface area contributed by atoms with Gasteiger partial charge in [0.2, 0.25) is 0 Å². The van der Waals surface area contributed by atoms with Crippen LogP contribution in [-0.2, 0) is 9.53 Å². The number of ether oxygens (including phenoxy) is 1. The van der Waals surface area contributed by atoms with Gasteiger partial charge in [-0.05, 0) is 6.92 Å². The Balaban J connectivity index is 0.00000121. The van der Waals surface area contributed by atoms with Crippen LogP contribution in [0.25, 0.3) is 0 Å². The van der Waals surface area contributed by atoms with Gasteiger partial charge in [0.05, 0.1) is 7.11 Å². The van der Waals surface area contributed by atoms with Crippen molar-refractivity contribution in [3.05, 3.63) is 0 Å². The first kappa shape index (κ1) is 12.1. The lowest BCUT2D eigenvalue weighted by Gasteiger charge is -2.31. The van der Waals surface area contributed by atoms with Crippen LogP contribution in [0.2, 0.25) is 0 Å². The van der Waals surface area contributed by atoms with Crippen LogP contribution >= 0.6 is 24.2 Å². The Hall–Kier alpha value is 0.0700. The Morgan fingerprint density at radius 2 is 2.33 bits per heavy atom. The molecule has 0 spiro atoms. The predicted octanol–water partition coefficient (Wildman–Crippen LogP) is 0.676. The van der Waals surface area contributed by atoms with Crippen LogP contribution in [-0.4, -0.2) is 36.7 Å². The van der Waals surface area contributed by atoms with Gasteiger partial charge >= 0.3 is 5.97 Å². The summed E-state index contributed by atoms with van der Waals surface area (Å²) in [5.74, 6) is 1.72. The summed E-state index contributed by atoms with van der Waals surface area (Å²) in [6, 6.07) is 0. The summed E-state index contributed by atoms with van der Waals surface area (Å²) in [4.78, 5) is 11.2. The van der Waals surface area contributed by atoms with Crippen molar-refractivity contribution in [1.29, 1.82) is 0 Å². The molecule has 72 valence electrons. The van der Waals surface area contributed by atoms with Crippen molar-refractivity contribution in [1.82, 2.24) is 5.32 Å². The molecule has 1 N–H and O–H groups in total. The molecule has 0 radical (unpaired) electrons. The van der Waals surface area contributed by atoms with Crippen molar-refractivity contribution in [2.24, 2.45) is 0 Å². The lowest BCUT2D eigenvalue weighted by atomic mass is 10.1. The van der Waals surface area contributed by atoms with E-state index in [4.69, 9.17) is 0 Å². The minimum atomic E-state index is -0.461. The Morgan fingerprint density at radius 3 is 2.75 bits per heavy atom. The number of rotatable bonds is 1. The summed E-state index contributed by atoms with van der Waals surface area (Å²) in [6.07, 6.45) is 0. The number of nitrogens with one attached hydrogen (secondary N) is 1. The van der Waals surface area contributed by atoms with Crippen LogP contribution in [0.4, 0.5) is 0 Å². The number of halogens is 1. The quantitative estimate of drug-likeness (QED) is 0.648. The van der Waals surface area contributed by atoms with E-state index in [9.17, 15) is 4.79 Å². The molecule has 0 aliphatic carbocycles. The fraction of sp³-hybridized carbons (Fsp3) is 0.857. The van der Waals surface area contributed by atoms with Crippen LogP contribution in [0.15, 0.2) is 0 Å². The molecule has 1 heterocycles. The average molecular weight is 212 g/mol. The molecule has 0 aromatic rings. The molecule has 1 saturated heterocycles. The van der Waals surface area contributed by atoms with E-state index in [-0.39, 0.29) is 18.4 Å². The van der Waals surface area contributed by atoms with Gasteiger partial charge < -0.3 is 10.1 Å². The van der Waals surface area contributed by atoms with Gasteiger partial charge in [0, 0.05) is 18.1 Å². The van der Waals surface area contributed by atoms with Gasteiger partial charge in [0.25, 0.3) is 0 Å². The van der Waals surface area contributed by atoms with Crippen LogP contribution in [0.5, 0.6) is 0 Å². The number of carbonyl (C=O) groups is 1. The van der Waals surface area contributed by atoms with Crippen LogP contribution < -0.4 is 5.32 Å². The molecule has 0 amide bonds. The smallest absolute Gasteiger partial charge is 0.326 e. The summed E-state index contributed by atoms with van der Waals surface area (Å²) in [6.45, 7) is 2.77. The third kappa shape index (κ3) is 2.54. The minimum absolute atomic E-state index is 0. The van der Waals surface area contributed by atoms with Crippen molar-refractivity contribution in [3.63, 3.8) is 0 Å². The Morgan fingerprint density at radius 1 is 1.67 bits per heavy atom.